The van der Waals surface area contributed by atoms with Gasteiger partial charge in [0, 0.05) is 23.3 Å². The van der Waals surface area contributed by atoms with Crippen LogP contribution in [0.2, 0.25) is 0 Å². The molecule has 96 valence electrons. The highest BCUT2D eigenvalue weighted by molar-refractivity contribution is 7.09. The van der Waals surface area contributed by atoms with Gasteiger partial charge in [-0.2, -0.15) is 0 Å². The molecular formula is C14H19N3S. The molecule has 0 aliphatic carbocycles. The Balaban J connectivity index is 2.12. The average molecular weight is 261 g/mol. The molecule has 0 bridgehead atoms. The van der Waals surface area contributed by atoms with Crippen molar-refractivity contribution in [1.82, 2.24) is 10.3 Å². The Morgan fingerprint density at radius 2 is 2.00 bits per heavy atom. The molecule has 0 aliphatic heterocycles. The van der Waals surface area contributed by atoms with Crippen molar-refractivity contribution in [3.05, 3.63) is 46.4 Å². The Bertz CT molecular complexity index is 462. The summed E-state index contributed by atoms with van der Waals surface area (Å²) in [4.78, 5) is 4.41. The second-order valence-electron chi connectivity index (χ2n) is 4.69. The van der Waals surface area contributed by atoms with E-state index in [9.17, 15) is 0 Å². The first-order valence-electron chi connectivity index (χ1n) is 6.15. The van der Waals surface area contributed by atoms with Crippen LogP contribution in [0.25, 0.3) is 0 Å². The summed E-state index contributed by atoms with van der Waals surface area (Å²) in [6.07, 6.45) is 2.80. The number of nitrogens with one attached hydrogen (secondary N) is 1. The highest BCUT2D eigenvalue weighted by atomic mass is 32.1. The molecule has 0 unspecified atom stereocenters. The number of thiazole rings is 1. The van der Waals surface area contributed by atoms with Crippen molar-refractivity contribution in [2.24, 2.45) is 0 Å². The van der Waals surface area contributed by atoms with Crippen LogP contribution in [0.4, 0.5) is 5.69 Å². The molecular weight excluding hydrogens is 242 g/mol. The number of aromatic nitrogens is 1. The molecule has 3 N–H and O–H groups in total. The lowest BCUT2D eigenvalue weighted by Gasteiger charge is -2.19. The van der Waals surface area contributed by atoms with Crippen LogP contribution in [0.15, 0.2) is 35.8 Å². The molecule has 1 atom stereocenters. The standard InChI is InChI=1S/C14H19N3S/c1-10(2)17-13(14-16-7-8-18-14)9-11-3-5-12(15)6-4-11/h3-8,10,13,17H,9,15H2,1-2H3/t13-/m0/s1. The summed E-state index contributed by atoms with van der Waals surface area (Å²) in [6.45, 7) is 4.31. The summed E-state index contributed by atoms with van der Waals surface area (Å²) in [5, 5.41) is 6.72. The number of anilines is 1. The number of benzene rings is 1. The lowest BCUT2D eigenvalue weighted by atomic mass is 10.1. The summed E-state index contributed by atoms with van der Waals surface area (Å²) >= 11 is 1.70. The second kappa shape index (κ2) is 5.98. The first-order chi connectivity index (χ1) is 8.65. The third-order valence-electron chi connectivity index (χ3n) is 2.70. The maximum absolute atomic E-state index is 5.71. The minimum absolute atomic E-state index is 0.272. The average Bonchev–Trinajstić information content (AvgIpc) is 2.84. The number of rotatable bonds is 5. The van der Waals surface area contributed by atoms with Crippen LogP contribution in [0.3, 0.4) is 0 Å². The summed E-state index contributed by atoms with van der Waals surface area (Å²) < 4.78 is 0. The second-order valence-corrected chi connectivity index (χ2v) is 5.62. The van der Waals surface area contributed by atoms with E-state index in [1.165, 1.54) is 5.56 Å². The van der Waals surface area contributed by atoms with Crippen molar-refractivity contribution >= 4 is 17.0 Å². The Kier molecular flexibility index (Phi) is 4.33. The zero-order valence-electron chi connectivity index (χ0n) is 10.8. The molecule has 2 aromatic rings. The SMILES string of the molecule is CC(C)N[C@@H](Cc1ccc(N)cc1)c1nccs1. The van der Waals surface area contributed by atoms with E-state index < -0.39 is 0 Å². The molecule has 2 rings (SSSR count). The molecule has 1 heterocycles. The van der Waals surface area contributed by atoms with Crippen LogP contribution in [0.1, 0.15) is 30.5 Å². The quantitative estimate of drug-likeness (QED) is 0.813. The molecule has 3 nitrogen and oxygen atoms in total. The Hall–Kier alpha value is -1.39. The van der Waals surface area contributed by atoms with Gasteiger partial charge in [-0.1, -0.05) is 26.0 Å². The molecule has 0 saturated heterocycles. The highest BCUT2D eigenvalue weighted by Gasteiger charge is 2.15. The van der Waals surface area contributed by atoms with E-state index >= 15 is 0 Å². The van der Waals surface area contributed by atoms with Crippen LogP contribution >= 0.6 is 11.3 Å². The fourth-order valence-corrected chi connectivity index (χ4v) is 2.61. The number of hydrogen-bond acceptors (Lipinski definition) is 4. The smallest absolute Gasteiger partial charge is 0.110 e. The normalized spacial score (nSPS) is 12.8. The van der Waals surface area contributed by atoms with Crippen LogP contribution < -0.4 is 11.1 Å². The molecule has 0 amide bonds. The van der Waals surface area contributed by atoms with E-state index in [2.05, 4.69) is 36.3 Å². The zero-order valence-corrected chi connectivity index (χ0v) is 11.6. The number of nitrogens with zero attached hydrogens (tertiary/aromatic N) is 1. The van der Waals surface area contributed by atoms with Crippen LogP contribution in [-0.2, 0) is 6.42 Å². The molecule has 1 aromatic heterocycles. The third-order valence-corrected chi connectivity index (χ3v) is 3.59. The molecule has 18 heavy (non-hydrogen) atoms. The summed E-state index contributed by atoms with van der Waals surface area (Å²) in [7, 11) is 0. The maximum atomic E-state index is 5.71. The predicted molar refractivity (Wildman–Crippen MR) is 77.7 cm³/mol. The lowest BCUT2D eigenvalue weighted by Crippen LogP contribution is -2.29. The minimum Gasteiger partial charge on any atom is -0.399 e. The third kappa shape index (κ3) is 3.55. The van der Waals surface area contributed by atoms with Crippen molar-refractivity contribution < 1.29 is 0 Å². The molecule has 0 spiro atoms. The monoisotopic (exact) mass is 261 g/mol. The van der Waals surface area contributed by atoms with Gasteiger partial charge in [-0.25, -0.2) is 4.98 Å². The first-order valence-corrected chi connectivity index (χ1v) is 7.03. The van der Waals surface area contributed by atoms with Gasteiger partial charge in [0.2, 0.25) is 0 Å². The van der Waals surface area contributed by atoms with Crippen molar-refractivity contribution in [2.75, 3.05) is 5.73 Å². The van der Waals surface area contributed by atoms with Gasteiger partial charge in [-0.3, -0.25) is 0 Å². The van der Waals surface area contributed by atoms with Gasteiger partial charge >= 0.3 is 0 Å². The Labute approximate surface area is 112 Å². The van der Waals surface area contributed by atoms with Gasteiger partial charge in [-0.05, 0) is 24.1 Å². The Morgan fingerprint density at radius 3 is 2.56 bits per heavy atom. The van der Waals surface area contributed by atoms with Crippen LogP contribution in [-0.4, -0.2) is 11.0 Å². The fraction of sp³-hybridized carbons (Fsp3) is 0.357. The largest absolute Gasteiger partial charge is 0.399 e. The number of hydrogen-bond donors (Lipinski definition) is 2. The fourth-order valence-electron chi connectivity index (χ4n) is 1.92. The van der Waals surface area contributed by atoms with Gasteiger partial charge < -0.3 is 11.1 Å². The molecule has 4 heteroatoms. The minimum atomic E-state index is 0.272. The summed E-state index contributed by atoms with van der Waals surface area (Å²) in [5.74, 6) is 0. The molecule has 1 aromatic carbocycles. The van der Waals surface area contributed by atoms with Crippen molar-refractivity contribution in [2.45, 2.75) is 32.4 Å². The molecule has 0 aliphatic rings. The van der Waals surface area contributed by atoms with Crippen molar-refractivity contribution in [1.29, 1.82) is 0 Å². The topological polar surface area (TPSA) is 50.9 Å². The van der Waals surface area contributed by atoms with Gasteiger partial charge in [0.05, 0.1) is 6.04 Å². The van der Waals surface area contributed by atoms with E-state index in [0.717, 1.165) is 17.1 Å². The lowest BCUT2D eigenvalue weighted by molar-refractivity contribution is 0.473. The van der Waals surface area contributed by atoms with Gasteiger partial charge in [0.1, 0.15) is 5.01 Å². The van der Waals surface area contributed by atoms with Crippen molar-refractivity contribution in [3.8, 4) is 0 Å². The van der Waals surface area contributed by atoms with E-state index in [4.69, 9.17) is 5.73 Å². The molecule has 0 saturated carbocycles. The summed E-state index contributed by atoms with van der Waals surface area (Å²) in [6, 6.07) is 8.77. The van der Waals surface area contributed by atoms with E-state index in [-0.39, 0.29) is 6.04 Å². The summed E-state index contributed by atoms with van der Waals surface area (Å²) in [5.41, 5.74) is 7.79. The van der Waals surface area contributed by atoms with Crippen molar-refractivity contribution in [3.63, 3.8) is 0 Å². The van der Waals surface area contributed by atoms with Crippen LogP contribution in [0.5, 0.6) is 0 Å². The Morgan fingerprint density at radius 1 is 1.28 bits per heavy atom. The van der Waals surface area contributed by atoms with Gasteiger partial charge in [0.15, 0.2) is 0 Å². The number of nitrogen functional groups attached to an aromatic ring is 1. The van der Waals surface area contributed by atoms with E-state index in [1.54, 1.807) is 11.3 Å². The zero-order chi connectivity index (χ0) is 13.0. The highest BCUT2D eigenvalue weighted by Crippen LogP contribution is 2.21. The van der Waals surface area contributed by atoms with Crippen LogP contribution in [0, 0.1) is 0 Å². The number of nitrogens with two attached hydrogens (primary N) is 1. The first kappa shape index (κ1) is 13.1. The van der Waals surface area contributed by atoms with E-state index in [0.29, 0.717) is 6.04 Å². The van der Waals surface area contributed by atoms with Gasteiger partial charge in [-0.15, -0.1) is 11.3 Å². The van der Waals surface area contributed by atoms with E-state index in [1.807, 2.05) is 23.7 Å². The van der Waals surface area contributed by atoms with Gasteiger partial charge in [0.25, 0.3) is 0 Å². The predicted octanol–water partition coefficient (Wildman–Crippen LogP) is 3.01. The molecule has 0 radical (unpaired) electrons. The molecule has 0 fully saturated rings. The maximum Gasteiger partial charge on any atom is 0.110 e.